The summed E-state index contributed by atoms with van der Waals surface area (Å²) in [6.45, 7) is 0.187. The van der Waals surface area contributed by atoms with E-state index in [-0.39, 0.29) is 41.8 Å². The molecule has 0 atom stereocenters. The van der Waals surface area contributed by atoms with E-state index in [0.29, 0.717) is 22.7 Å². The molecule has 1 aliphatic heterocycles. The maximum Gasteiger partial charge on any atom is 0.231 e. The Morgan fingerprint density at radius 2 is 1.90 bits per heavy atom. The maximum absolute atomic E-state index is 12.6. The largest absolute Gasteiger partial charge is 0.497 e. The second kappa shape index (κ2) is 8.74. The number of sulfone groups is 1. The molecule has 9 heteroatoms. The van der Waals surface area contributed by atoms with Crippen molar-refractivity contribution in [3.05, 3.63) is 47.5 Å². The van der Waals surface area contributed by atoms with Gasteiger partial charge in [-0.25, -0.2) is 8.42 Å². The number of benzene rings is 2. The molecule has 8 nitrogen and oxygen atoms in total. The van der Waals surface area contributed by atoms with Crippen LogP contribution in [0.4, 0.5) is 5.69 Å². The van der Waals surface area contributed by atoms with Crippen molar-refractivity contribution in [3.8, 4) is 11.5 Å². The number of fused-ring (bicyclic) bond motifs is 1. The Hall–Kier alpha value is -3.07. The summed E-state index contributed by atoms with van der Waals surface area (Å²) in [7, 11) is 1.08. The fraction of sp³-hybridized carbons (Fsp3) is 0.333. The van der Waals surface area contributed by atoms with E-state index in [1.54, 1.807) is 38.4 Å². The van der Waals surface area contributed by atoms with Crippen LogP contribution in [0.1, 0.15) is 17.5 Å². The van der Waals surface area contributed by atoms with Crippen LogP contribution in [0.5, 0.6) is 11.5 Å². The van der Waals surface area contributed by atoms with Crippen molar-refractivity contribution >= 4 is 27.3 Å². The number of hydrogen-bond donors (Lipinski definition) is 1. The molecule has 0 aromatic heterocycles. The van der Waals surface area contributed by atoms with Crippen LogP contribution < -0.4 is 19.7 Å². The van der Waals surface area contributed by atoms with Gasteiger partial charge in [-0.05, 0) is 42.0 Å². The second-order valence-electron chi connectivity index (χ2n) is 6.94. The standard InChI is InChI=1S/C21H24N2O6S/c1-23-18-6-5-17(11-14(18)12-21(23)25)30(26,27)9-8-20(24)22-13-15-10-16(28-2)4-7-19(15)29-3/h4-7,10-11H,8-9,12-13H2,1-3H3,(H,22,24). The summed E-state index contributed by atoms with van der Waals surface area (Å²) in [5.41, 5.74) is 2.11. The second-order valence-corrected chi connectivity index (χ2v) is 9.05. The first-order chi connectivity index (χ1) is 14.2. The molecule has 1 aliphatic rings. The Morgan fingerprint density at radius 3 is 2.60 bits per heavy atom. The fourth-order valence-electron chi connectivity index (χ4n) is 3.29. The van der Waals surface area contributed by atoms with Crippen molar-refractivity contribution in [2.24, 2.45) is 0 Å². The Morgan fingerprint density at radius 1 is 1.13 bits per heavy atom. The van der Waals surface area contributed by atoms with E-state index in [4.69, 9.17) is 9.47 Å². The Bertz CT molecular complexity index is 1080. The van der Waals surface area contributed by atoms with E-state index in [1.165, 1.54) is 24.1 Å². The quantitative estimate of drug-likeness (QED) is 0.681. The van der Waals surface area contributed by atoms with Crippen molar-refractivity contribution in [2.75, 3.05) is 31.9 Å². The third-order valence-electron chi connectivity index (χ3n) is 5.05. The Labute approximate surface area is 175 Å². The molecule has 160 valence electrons. The summed E-state index contributed by atoms with van der Waals surface area (Å²) < 4.78 is 35.7. The van der Waals surface area contributed by atoms with E-state index in [0.717, 1.165) is 5.56 Å². The van der Waals surface area contributed by atoms with Crippen molar-refractivity contribution < 1.29 is 27.5 Å². The molecule has 0 spiro atoms. The number of anilines is 1. The van der Waals surface area contributed by atoms with Gasteiger partial charge < -0.3 is 19.7 Å². The SMILES string of the molecule is COc1ccc(OC)c(CNC(=O)CCS(=O)(=O)c2ccc3c(c2)CC(=O)N3C)c1. The third-order valence-corrected chi connectivity index (χ3v) is 6.76. The first kappa shape index (κ1) is 21.6. The van der Waals surface area contributed by atoms with Crippen molar-refractivity contribution in [2.45, 2.75) is 24.3 Å². The first-order valence-electron chi connectivity index (χ1n) is 9.35. The molecule has 1 N–H and O–H groups in total. The van der Waals surface area contributed by atoms with Gasteiger partial charge in [0.25, 0.3) is 0 Å². The highest BCUT2D eigenvalue weighted by Gasteiger charge is 2.26. The minimum atomic E-state index is -3.65. The zero-order chi connectivity index (χ0) is 21.9. The number of nitrogens with zero attached hydrogens (tertiary/aromatic N) is 1. The molecule has 0 bridgehead atoms. The lowest BCUT2D eigenvalue weighted by Crippen LogP contribution is -2.25. The van der Waals surface area contributed by atoms with Crippen LogP contribution in [0, 0.1) is 0 Å². The van der Waals surface area contributed by atoms with Gasteiger partial charge in [0.15, 0.2) is 9.84 Å². The Kier molecular flexibility index (Phi) is 6.31. The highest BCUT2D eigenvalue weighted by molar-refractivity contribution is 7.91. The summed E-state index contributed by atoms with van der Waals surface area (Å²) in [5.74, 6) is 0.438. The van der Waals surface area contributed by atoms with E-state index < -0.39 is 9.84 Å². The van der Waals surface area contributed by atoms with Gasteiger partial charge in [0, 0.05) is 31.3 Å². The predicted molar refractivity (Wildman–Crippen MR) is 112 cm³/mol. The molecule has 0 fully saturated rings. The Balaban J connectivity index is 1.61. The molecule has 1 heterocycles. The van der Waals surface area contributed by atoms with Crippen LogP contribution in [0.15, 0.2) is 41.3 Å². The van der Waals surface area contributed by atoms with Gasteiger partial charge in [-0.15, -0.1) is 0 Å². The molecule has 0 radical (unpaired) electrons. The number of carbonyl (C=O) groups is 2. The van der Waals surface area contributed by atoms with Crippen LogP contribution in [-0.2, 0) is 32.4 Å². The van der Waals surface area contributed by atoms with Gasteiger partial charge in [0.1, 0.15) is 11.5 Å². The molecule has 2 aromatic carbocycles. The van der Waals surface area contributed by atoms with E-state index in [1.807, 2.05) is 0 Å². The number of rotatable bonds is 8. The summed E-state index contributed by atoms with van der Waals surface area (Å²) in [4.78, 5) is 25.6. The van der Waals surface area contributed by atoms with Crippen LogP contribution in [-0.4, -0.2) is 47.3 Å². The lowest BCUT2D eigenvalue weighted by molar-refractivity contribution is -0.121. The summed E-state index contributed by atoms with van der Waals surface area (Å²) in [6.07, 6.45) is 0.00257. The van der Waals surface area contributed by atoms with Gasteiger partial charge in [-0.3, -0.25) is 9.59 Å². The lowest BCUT2D eigenvalue weighted by atomic mass is 10.2. The van der Waals surface area contributed by atoms with Crippen LogP contribution in [0.2, 0.25) is 0 Å². The topological polar surface area (TPSA) is 102 Å². The molecule has 30 heavy (non-hydrogen) atoms. The van der Waals surface area contributed by atoms with Gasteiger partial charge in [0.05, 0.1) is 31.3 Å². The third kappa shape index (κ3) is 4.56. The molecule has 0 saturated carbocycles. The van der Waals surface area contributed by atoms with Crippen molar-refractivity contribution in [1.82, 2.24) is 5.32 Å². The number of carbonyl (C=O) groups excluding carboxylic acids is 2. The normalized spacial score (nSPS) is 13.2. The molecule has 0 saturated heterocycles. The van der Waals surface area contributed by atoms with Gasteiger partial charge in [-0.2, -0.15) is 0 Å². The van der Waals surface area contributed by atoms with E-state index in [9.17, 15) is 18.0 Å². The minimum absolute atomic E-state index is 0.0769. The first-order valence-corrected chi connectivity index (χ1v) is 11.0. The zero-order valence-corrected chi connectivity index (χ0v) is 17.9. The van der Waals surface area contributed by atoms with Gasteiger partial charge in [-0.1, -0.05) is 0 Å². The summed E-state index contributed by atoms with van der Waals surface area (Å²) >= 11 is 0. The lowest BCUT2D eigenvalue weighted by Gasteiger charge is -2.12. The zero-order valence-electron chi connectivity index (χ0n) is 17.1. The molecule has 0 unspecified atom stereocenters. The maximum atomic E-state index is 12.6. The number of methoxy groups -OCH3 is 2. The average molecular weight is 432 g/mol. The number of hydrogen-bond acceptors (Lipinski definition) is 6. The average Bonchev–Trinajstić information content (AvgIpc) is 3.03. The van der Waals surface area contributed by atoms with Gasteiger partial charge >= 0.3 is 0 Å². The van der Waals surface area contributed by atoms with Crippen LogP contribution in [0.3, 0.4) is 0 Å². The smallest absolute Gasteiger partial charge is 0.231 e. The van der Waals surface area contributed by atoms with E-state index >= 15 is 0 Å². The summed E-state index contributed by atoms with van der Waals surface area (Å²) in [5, 5.41) is 2.71. The number of likely N-dealkylation sites (N-methyl/N-ethyl adjacent to an activating group) is 1. The number of amides is 2. The number of nitrogens with one attached hydrogen (secondary N) is 1. The monoisotopic (exact) mass is 432 g/mol. The van der Waals surface area contributed by atoms with Crippen molar-refractivity contribution in [3.63, 3.8) is 0 Å². The molecule has 2 amide bonds. The van der Waals surface area contributed by atoms with Crippen LogP contribution >= 0.6 is 0 Å². The molecule has 0 aliphatic carbocycles. The molecule has 3 rings (SSSR count). The molecular weight excluding hydrogens is 408 g/mol. The minimum Gasteiger partial charge on any atom is -0.497 e. The predicted octanol–water partition coefficient (Wildman–Crippen LogP) is 1.70. The van der Waals surface area contributed by atoms with Crippen molar-refractivity contribution in [1.29, 1.82) is 0 Å². The van der Waals surface area contributed by atoms with Crippen LogP contribution in [0.25, 0.3) is 0 Å². The molecule has 2 aromatic rings. The highest BCUT2D eigenvalue weighted by atomic mass is 32.2. The number of ether oxygens (including phenoxy) is 2. The fourth-order valence-corrected chi connectivity index (χ4v) is 4.57. The molecular formula is C21H24N2O6S. The summed E-state index contributed by atoms with van der Waals surface area (Å²) in [6, 6.07) is 9.85. The van der Waals surface area contributed by atoms with E-state index in [2.05, 4.69) is 5.32 Å². The van der Waals surface area contributed by atoms with Gasteiger partial charge in [0.2, 0.25) is 11.8 Å². The highest BCUT2D eigenvalue weighted by Crippen LogP contribution is 2.30.